The summed E-state index contributed by atoms with van der Waals surface area (Å²) in [7, 11) is 0. The van der Waals surface area contributed by atoms with Crippen LogP contribution < -0.4 is 97.4 Å². The topological polar surface area (TPSA) is 704 Å². The Morgan fingerprint density at radius 1 is 0.496 bits per heavy atom. The van der Waals surface area contributed by atoms with E-state index in [-0.39, 0.29) is 107 Å². The summed E-state index contributed by atoms with van der Waals surface area (Å²) in [5.41, 5.74) is 24.6. The van der Waals surface area contributed by atoms with Crippen molar-refractivity contribution in [3.63, 3.8) is 0 Å². The summed E-state index contributed by atoms with van der Waals surface area (Å²) in [5.74, 6) is -16.7. The predicted molar refractivity (Wildman–Crippen MR) is 449 cm³/mol. The molecule has 0 spiro atoms. The monoisotopic (exact) mass is 1740 g/mol. The van der Waals surface area contributed by atoms with Crippen molar-refractivity contribution in [2.45, 2.75) is 223 Å². The highest BCUT2D eigenvalue weighted by molar-refractivity contribution is 7.98. The van der Waals surface area contributed by atoms with E-state index in [2.05, 4.69) is 89.1 Å². The van der Waals surface area contributed by atoms with Crippen molar-refractivity contribution in [3.05, 3.63) is 54.2 Å². The number of hydrogen-bond donors (Lipinski definition) is 25. The van der Waals surface area contributed by atoms with E-state index < -0.39 is 224 Å². The molecule has 3 rings (SSSR count). The number of guanidine groups is 1. The number of nitrogens with zero attached hydrogens (tertiary/aromatic N) is 2. The number of rotatable bonds is 59. The number of hydrogen-bond acceptors (Lipinski definition) is 25. The first-order valence-electron chi connectivity index (χ1n) is 39.9. The zero-order chi connectivity index (χ0) is 90.6. The predicted octanol–water partition coefficient (Wildman–Crippen LogP) is -5.80. The Kier molecular flexibility index (Phi) is 47.7. The molecule has 14 amide bonds. The lowest BCUT2D eigenvalue weighted by Gasteiger charge is -2.29. The normalized spacial score (nSPS) is 15.0. The summed E-state index contributed by atoms with van der Waals surface area (Å²) in [6, 6.07) is -13.5. The van der Waals surface area contributed by atoms with Crippen LogP contribution >= 0.6 is 23.5 Å². The maximum Gasteiger partial charge on any atom is 0.326 e. The molecule has 0 radical (unpaired) electrons. The number of carboxylic acid groups (broad SMARTS) is 2. The Labute approximate surface area is 709 Å². The lowest BCUT2D eigenvalue weighted by Crippen LogP contribution is -2.61. The van der Waals surface area contributed by atoms with Crippen LogP contribution in [0.2, 0.25) is 0 Å². The first kappa shape index (κ1) is 104. The first-order chi connectivity index (χ1) is 57.3. The number of nitrogens with two attached hydrogens (primary N) is 4. The molecule has 0 aliphatic carbocycles. The lowest BCUT2D eigenvalue weighted by atomic mass is 9.98. The number of nitrogens with one attached hydrogen (secondary N) is 16. The quantitative estimate of drug-likeness (QED) is 0.0142. The van der Waals surface area contributed by atoms with E-state index in [1.165, 1.54) is 43.0 Å². The number of amides is 14. The van der Waals surface area contributed by atoms with E-state index in [1.807, 2.05) is 11.6 Å². The highest BCUT2D eigenvalue weighted by atomic mass is 32.2. The number of imidazole rings is 1. The molecule has 0 saturated carbocycles. The fraction of sp³-hybridized carbons (Fsp3) is 0.632. The smallest absolute Gasteiger partial charge is 0.326 e. The molecule has 0 bridgehead atoms. The van der Waals surface area contributed by atoms with Crippen molar-refractivity contribution < 1.29 is 102 Å². The van der Waals surface area contributed by atoms with Crippen LogP contribution in [0.15, 0.2) is 48.0 Å². The van der Waals surface area contributed by atoms with Gasteiger partial charge in [-0.1, -0.05) is 66.2 Å². The van der Waals surface area contributed by atoms with Gasteiger partial charge in [-0.25, -0.2) is 9.78 Å². The average Bonchev–Trinajstić information content (AvgIpc) is 1.69. The highest BCUT2D eigenvalue weighted by Crippen LogP contribution is 2.21. The van der Waals surface area contributed by atoms with Gasteiger partial charge in [0.2, 0.25) is 82.7 Å². The van der Waals surface area contributed by atoms with Crippen LogP contribution in [0.25, 0.3) is 10.9 Å². The second kappa shape index (κ2) is 55.2. The zero-order valence-electron chi connectivity index (χ0n) is 69.7. The molecule has 29 N–H and O–H groups in total. The van der Waals surface area contributed by atoms with Crippen LogP contribution in [0.5, 0.6) is 0 Å². The summed E-state index contributed by atoms with van der Waals surface area (Å²) in [4.78, 5) is 233. The van der Waals surface area contributed by atoms with Crippen LogP contribution in [-0.2, 0) is 89.6 Å². The number of aliphatic imine (C=N–C) groups is 1. The minimum Gasteiger partial charge on any atom is -0.481 e. The number of carbonyl (C=O) groups excluding carboxylic acids is 14. The Bertz CT molecular complexity index is 3930. The molecule has 0 unspecified atom stereocenters. The van der Waals surface area contributed by atoms with Crippen LogP contribution in [0, 0.1) is 17.8 Å². The fourth-order valence-electron chi connectivity index (χ4n) is 12.1. The van der Waals surface area contributed by atoms with Gasteiger partial charge >= 0.3 is 11.9 Å². The molecule has 1 aromatic carbocycles. The number of aliphatic hydroxyl groups excluding tert-OH is 3. The number of para-hydroxylation sites is 1. The molecular formula is C76H124N22O21S2. The van der Waals surface area contributed by atoms with Crippen molar-refractivity contribution in [1.29, 1.82) is 0 Å². The summed E-state index contributed by atoms with van der Waals surface area (Å²) < 4.78 is 0. The number of benzene rings is 1. The standard InChI is InChI=1S/C76H124N22O21S2/c1-10-41(6)61(74(117)97-58(37-101)73(116)96-57(36-100)72(115)90-51(75(118)119)20-21-60(103)104)98-59(102)34-84-64(107)55(31-44-33-81-38-85-44)91-62(105)42(7)86-65(108)48(18-13-14-24-77)87-67(110)50(23-27-121-9)89-68(111)52(28-39(2)3)93-70(113)54(30-43-32-83-47-17-12-11-16-45(43)47)94-69(112)53(29-40(4)5)92-66(109)49(19-15-25-82-76(79)80)88-71(114)56(35-99)95-63(106)46(78)22-26-120-8/h11-12,16-17,32-33,38-42,46,48-58,61,83,99-101H,10,13-15,18-31,34-37,77-78H2,1-9H3,(H,81,85)(H,84,107)(H,86,108)(H,87,110)(H,88,114)(H,89,111)(H,90,115)(H,91,105)(H,92,109)(H,93,113)(H,94,112)(H,95,106)(H,96,116)(H,97,117)(H,98,102)(H,103,104)(H,118,119)(H4,79,80,82)/t41-,42-,46-,48-,49-,50-,51-,52-,53-,54-,55-,56-,57-,58-,61-/m0/s1. The molecule has 2 heterocycles. The number of carboxylic acids is 2. The Morgan fingerprint density at radius 2 is 0.950 bits per heavy atom. The average molecular weight is 1750 g/mol. The largest absolute Gasteiger partial charge is 0.481 e. The van der Waals surface area contributed by atoms with Crippen molar-refractivity contribution in [2.75, 3.05) is 63.5 Å². The molecule has 45 heteroatoms. The first-order valence-corrected chi connectivity index (χ1v) is 42.6. The number of aromatic amines is 2. The molecule has 676 valence electrons. The third-order valence-electron chi connectivity index (χ3n) is 19.1. The van der Waals surface area contributed by atoms with Crippen molar-refractivity contribution in [2.24, 2.45) is 45.7 Å². The van der Waals surface area contributed by atoms with Gasteiger partial charge in [0.1, 0.15) is 78.5 Å². The number of thioether (sulfide) groups is 2. The van der Waals surface area contributed by atoms with Gasteiger partial charge in [-0.05, 0) is 131 Å². The Balaban J connectivity index is 1.90. The van der Waals surface area contributed by atoms with Gasteiger partial charge in [0.05, 0.1) is 38.7 Å². The second-order valence-corrected chi connectivity index (χ2v) is 31.8. The molecule has 121 heavy (non-hydrogen) atoms. The van der Waals surface area contributed by atoms with E-state index >= 15 is 4.79 Å². The number of aromatic nitrogens is 3. The van der Waals surface area contributed by atoms with Crippen LogP contribution in [-0.4, -0.2) is 289 Å². The number of aliphatic hydroxyl groups is 3. The molecule has 0 aliphatic heterocycles. The fourth-order valence-corrected chi connectivity index (χ4v) is 13.1. The van der Waals surface area contributed by atoms with Crippen molar-refractivity contribution >= 4 is 135 Å². The molecule has 43 nitrogen and oxygen atoms in total. The Hall–Kier alpha value is -10.7. The minimum atomic E-state index is -1.84. The van der Waals surface area contributed by atoms with Gasteiger partial charge in [0, 0.05) is 54.8 Å². The summed E-state index contributed by atoms with van der Waals surface area (Å²) in [5, 5.41) is 84.6. The third kappa shape index (κ3) is 37.8. The second-order valence-electron chi connectivity index (χ2n) is 29.9. The maximum atomic E-state index is 15.1. The molecule has 15 atom stereocenters. The summed E-state index contributed by atoms with van der Waals surface area (Å²) >= 11 is 2.78. The lowest BCUT2D eigenvalue weighted by molar-refractivity contribution is -0.144. The molecule has 3 aromatic rings. The van der Waals surface area contributed by atoms with Crippen molar-refractivity contribution in [1.82, 2.24) is 89.4 Å². The van der Waals surface area contributed by atoms with E-state index in [0.717, 1.165) is 0 Å². The third-order valence-corrected chi connectivity index (χ3v) is 20.4. The van der Waals surface area contributed by atoms with Gasteiger partial charge in [-0.15, -0.1) is 0 Å². The molecule has 0 fully saturated rings. The van der Waals surface area contributed by atoms with Gasteiger partial charge in [0.25, 0.3) is 0 Å². The summed E-state index contributed by atoms with van der Waals surface area (Å²) in [6.45, 7) is 7.96. The highest BCUT2D eigenvalue weighted by Gasteiger charge is 2.39. The van der Waals surface area contributed by atoms with Gasteiger partial charge in [-0.2, -0.15) is 23.5 Å². The molecule has 0 aliphatic rings. The van der Waals surface area contributed by atoms with Crippen LogP contribution in [0.4, 0.5) is 0 Å². The molecule has 0 saturated heterocycles. The van der Waals surface area contributed by atoms with E-state index in [1.54, 1.807) is 78.3 Å². The Morgan fingerprint density at radius 3 is 1.45 bits per heavy atom. The van der Waals surface area contributed by atoms with Gasteiger partial charge in [-0.3, -0.25) is 76.9 Å². The van der Waals surface area contributed by atoms with Gasteiger partial charge < -0.3 is 133 Å². The van der Waals surface area contributed by atoms with E-state index in [9.17, 15) is 92.3 Å². The maximum absolute atomic E-state index is 15.1. The summed E-state index contributed by atoms with van der Waals surface area (Å²) in [6.07, 6.45) is 7.38. The minimum absolute atomic E-state index is 0.00679. The number of H-pyrrole nitrogens is 2. The zero-order valence-corrected chi connectivity index (χ0v) is 71.3. The van der Waals surface area contributed by atoms with Crippen molar-refractivity contribution in [3.8, 4) is 0 Å². The van der Waals surface area contributed by atoms with Crippen LogP contribution in [0.3, 0.4) is 0 Å². The number of carbonyl (C=O) groups is 16. The van der Waals surface area contributed by atoms with Gasteiger partial charge in [0.15, 0.2) is 5.96 Å². The van der Waals surface area contributed by atoms with E-state index in [4.69, 9.17) is 28.0 Å². The SMILES string of the molecule is CC[C@H](C)[C@H](NC(=O)CNC(=O)[C@H](Cc1cnc[nH]1)NC(=O)[C@H](C)NC(=O)[C@H](CCCCN)NC(=O)[C@H](CCSC)NC(=O)[C@H](CC(C)C)NC(=O)[C@H](Cc1c[nH]c2ccccc12)NC(=O)[C@H](CC(C)C)NC(=O)[C@H](CCCN=C(N)N)NC(=O)[C@H](CO)NC(=O)[C@@H](N)CCSC)C(=O)N[C@@H](CO)C(=O)N[C@@H](CO)C(=O)N[C@@H](CCC(=O)O)C(=O)O. The molecule has 2 aromatic heterocycles. The molecular weight excluding hydrogens is 1620 g/mol. The number of unbranched alkanes of at least 4 members (excludes halogenated alkanes) is 1. The number of fused-ring (bicyclic) bond motifs is 1. The number of aliphatic carboxylic acids is 2. The van der Waals surface area contributed by atoms with Crippen LogP contribution in [0.1, 0.15) is 137 Å². The van der Waals surface area contributed by atoms with E-state index in [0.29, 0.717) is 34.3 Å².